The van der Waals surface area contributed by atoms with Crippen LogP contribution in [0.4, 0.5) is 4.79 Å². The lowest BCUT2D eigenvalue weighted by Crippen LogP contribution is -2.48. The van der Waals surface area contributed by atoms with Crippen LogP contribution in [0.15, 0.2) is 30.3 Å². The van der Waals surface area contributed by atoms with Gasteiger partial charge in [-0.2, -0.15) is 0 Å². The molecule has 1 atom stereocenters. The monoisotopic (exact) mass is 248 g/mol. The van der Waals surface area contributed by atoms with E-state index in [1.165, 1.54) is 0 Å². The summed E-state index contributed by atoms with van der Waals surface area (Å²) >= 11 is 0. The van der Waals surface area contributed by atoms with Crippen LogP contribution >= 0.6 is 0 Å². The average molecular weight is 248 g/mol. The molecule has 18 heavy (non-hydrogen) atoms. The summed E-state index contributed by atoms with van der Waals surface area (Å²) < 4.78 is 0. The SMILES string of the molecule is O=C(O)CC(c1ccccc1)N1CCCNC1=O. The number of carbonyl (C=O) groups is 2. The van der Waals surface area contributed by atoms with E-state index in [4.69, 9.17) is 5.11 Å². The van der Waals surface area contributed by atoms with Crippen LogP contribution in [0, 0.1) is 0 Å². The Kier molecular flexibility index (Phi) is 3.82. The largest absolute Gasteiger partial charge is 0.481 e. The lowest BCUT2D eigenvalue weighted by molar-refractivity contribution is -0.138. The van der Waals surface area contributed by atoms with Crippen molar-refractivity contribution < 1.29 is 14.7 Å². The zero-order chi connectivity index (χ0) is 13.0. The Hall–Kier alpha value is -2.04. The highest BCUT2D eigenvalue weighted by molar-refractivity contribution is 5.77. The summed E-state index contributed by atoms with van der Waals surface area (Å²) in [5.74, 6) is -0.901. The highest BCUT2D eigenvalue weighted by Crippen LogP contribution is 2.25. The van der Waals surface area contributed by atoms with Crippen LogP contribution in [-0.4, -0.2) is 35.1 Å². The molecule has 1 fully saturated rings. The number of carboxylic acid groups (broad SMARTS) is 1. The molecule has 1 aromatic rings. The summed E-state index contributed by atoms with van der Waals surface area (Å²) in [6.07, 6.45) is 0.770. The molecule has 0 aromatic heterocycles. The van der Waals surface area contributed by atoms with Crippen molar-refractivity contribution >= 4 is 12.0 Å². The molecule has 2 rings (SSSR count). The third kappa shape index (κ3) is 2.80. The first-order valence-corrected chi connectivity index (χ1v) is 5.99. The van der Waals surface area contributed by atoms with Gasteiger partial charge in [0.2, 0.25) is 0 Å². The van der Waals surface area contributed by atoms with Crippen LogP contribution in [0.1, 0.15) is 24.4 Å². The van der Waals surface area contributed by atoms with Gasteiger partial charge in [-0.3, -0.25) is 4.79 Å². The molecule has 1 aliphatic rings. The third-order valence-corrected chi connectivity index (χ3v) is 3.04. The van der Waals surface area contributed by atoms with Crippen molar-refractivity contribution in [1.82, 2.24) is 10.2 Å². The number of amides is 2. The molecular weight excluding hydrogens is 232 g/mol. The highest BCUT2D eigenvalue weighted by atomic mass is 16.4. The first-order valence-electron chi connectivity index (χ1n) is 5.99. The van der Waals surface area contributed by atoms with Crippen molar-refractivity contribution in [1.29, 1.82) is 0 Å². The van der Waals surface area contributed by atoms with Gasteiger partial charge in [0.05, 0.1) is 12.5 Å². The Labute approximate surface area is 105 Å². The topological polar surface area (TPSA) is 69.6 Å². The van der Waals surface area contributed by atoms with Crippen LogP contribution in [0.2, 0.25) is 0 Å². The first-order chi connectivity index (χ1) is 8.68. The standard InChI is InChI=1S/C13H16N2O3/c16-12(17)9-11(10-5-2-1-3-6-10)15-8-4-7-14-13(15)18/h1-3,5-6,11H,4,7-9H2,(H,14,18)(H,16,17). The van der Waals surface area contributed by atoms with Gasteiger partial charge < -0.3 is 15.3 Å². The van der Waals surface area contributed by atoms with E-state index in [0.717, 1.165) is 12.0 Å². The quantitative estimate of drug-likeness (QED) is 0.850. The predicted octanol–water partition coefficient (Wildman–Crippen LogP) is 1.62. The maximum atomic E-state index is 11.8. The van der Waals surface area contributed by atoms with E-state index < -0.39 is 12.0 Å². The molecular formula is C13H16N2O3. The van der Waals surface area contributed by atoms with E-state index in [9.17, 15) is 9.59 Å². The average Bonchev–Trinajstić information content (AvgIpc) is 2.38. The summed E-state index contributed by atoms with van der Waals surface area (Å²) in [5.41, 5.74) is 0.858. The molecule has 0 saturated carbocycles. The highest BCUT2D eigenvalue weighted by Gasteiger charge is 2.28. The van der Waals surface area contributed by atoms with Gasteiger partial charge in [0, 0.05) is 13.1 Å². The van der Waals surface area contributed by atoms with Gasteiger partial charge >= 0.3 is 12.0 Å². The van der Waals surface area contributed by atoms with E-state index >= 15 is 0 Å². The molecule has 5 heteroatoms. The zero-order valence-corrected chi connectivity index (χ0v) is 10.0. The van der Waals surface area contributed by atoms with Gasteiger partial charge in [-0.15, -0.1) is 0 Å². The van der Waals surface area contributed by atoms with Crippen LogP contribution < -0.4 is 5.32 Å². The van der Waals surface area contributed by atoms with Gasteiger partial charge in [-0.1, -0.05) is 30.3 Å². The summed E-state index contributed by atoms with van der Waals surface area (Å²) in [4.78, 5) is 24.4. The smallest absolute Gasteiger partial charge is 0.317 e. The lowest BCUT2D eigenvalue weighted by Gasteiger charge is -2.34. The van der Waals surface area contributed by atoms with E-state index in [-0.39, 0.29) is 12.5 Å². The number of hydrogen-bond acceptors (Lipinski definition) is 2. The number of carbonyl (C=O) groups excluding carboxylic acids is 1. The Morgan fingerprint density at radius 3 is 2.72 bits per heavy atom. The Balaban J connectivity index is 2.24. The number of carboxylic acids is 1. The van der Waals surface area contributed by atoms with Gasteiger partial charge in [0.25, 0.3) is 0 Å². The second-order valence-corrected chi connectivity index (χ2v) is 4.30. The predicted molar refractivity (Wildman–Crippen MR) is 66.2 cm³/mol. The second kappa shape index (κ2) is 5.53. The number of nitrogens with zero attached hydrogens (tertiary/aromatic N) is 1. The van der Waals surface area contributed by atoms with Gasteiger partial charge in [0.15, 0.2) is 0 Å². The van der Waals surface area contributed by atoms with Crippen LogP contribution in [0.5, 0.6) is 0 Å². The third-order valence-electron chi connectivity index (χ3n) is 3.04. The molecule has 2 N–H and O–H groups in total. The van der Waals surface area contributed by atoms with Crippen LogP contribution in [-0.2, 0) is 4.79 Å². The van der Waals surface area contributed by atoms with E-state index in [2.05, 4.69) is 5.32 Å². The number of benzene rings is 1. The molecule has 2 amide bonds. The Morgan fingerprint density at radius 1 is 1.39 bits per heavy atom. The normalized spacial score (nSPS) is 17.1. The maximum Gasteiger partial charge on any atom is 0.317 e. The van der Waals surface area contributed by atoms with Crippen molar-refractivity contribution in [3.05, 3.63) is 35.9 Å². The van der Waals surface area contributed by atoms with Crippen LogP contribution in [0.25, 0.3) is 0 Å². The molecule has 1 unspecified atom stereocenters. The second-order valence-electron chi connectivity index (χ2n) is 4.30. The summed E-state index contributed by atoms with van der Waals surface area (Å²) in [6, 6.07) is 8.71. The molecule has 1 aliphatic heterocycles. The van der Waals surface area contributed by atoms with Crippen molar-refractivity contribution in [2.75, 3.05) is 13.1 Å². The molecule has 96 valence electrons. The maximum absolute atomic E-state index is 11.8. The zero-order valence-electron chi connectivity index (χ0n) is 10.0. The van der Waals surface area contributed by atoms with Crippen molar-refractivity contribution in [2.45, 2.75) is 18.9 Å². The van der Waals surface area contributed by atoms with Crippen molar-refractivity contribution in [3.8, 4) is 0 Å². The molecule has 1 heterocycles. The Morgan fingerprint density at radius 2 is 2.11 bits per heavy atom. The summed E-state index contributed by atoms with van der Waals surface area (Å²) in [7, 11) is 0. The van der Waals surface area contributed by atoms with Gasteiger partial charge in [0.1, 0.15) is 0 Å². The van der Waals surface area contributed by atoms with E-state index in [1.54, 1.807) is 4.90 Å². The van der Waals surface area contributed by atoms with Gasteiger partial charge in [-0.05, 0) is 12.0 Å². The van der Waals surface area contributed by atoms with Crippen LogP contribution in [0.3, 0.4) is 0 Å². The van der Waals surface area contributed by atoms with E-state index in [0.29, 0.717) is 13.1 Å². The molecule has 0 aliphatic carbocycles. The summed E-state index contributed by atoms with van der Waals surface area (Å²) in [5, 5.41) is 11.8. The number of nitrogens with one attached hydrogen (secondary N) is 1. The Bertz CT molecular complexity index is 433. The van der Waals surface area contributed by atoms with Crippen molar-refractivity contribution in [3.63, 3.8) is 0 Å². The van der Waals surface area contributed by atoms with Crippen molar-refractivity contribution in [2.24, 2.45) is 0 Å². The lowest BCUT2D eigenvalue weighted by atomic mass is 10.0. The first kappa shape index (κ1) is 12.4. The molecule has 0 spiro atoms. The fourth-order valence-electron chi connectivity index (χ4n) is 2.19. The molecule has 0 radical (unpaired) electrons. The number of urea groups is 1. The van der Waals surface area contributed by atoms with E-state index in [1.807, 2.05) is 30.3 Å². The number of rotatable bonds is 4. The fraction of sp³-hybridized carbons (Fsp3) is 0.385. The molecule has 1 aromatic carbocycles. The minimum atomic E-state index is -0.901. The molecule has 5 nitrogen and oxygen atoms in total. The number of hydrogen-bond donors (Lipinski definition) is 2. The molecule has 1 saturated heterocycles. The minimum Gasteiger partial charge on any atom is -0.481 e. The minimum absolute atomic E-state index is 0.0720. The molecule has 0 bridgehead atoms. The summed E-state index contributed by atoms with van der Waals surface area (Å²) in [6.45, 7) is 1.25. The van der Waals surface area contributed by atoms with Gasteiger partial charge in [-0.25, -0.2) is 4.79 Å². The number of aliphatic carboxylic acids is 1. The fourth-order valence-corrected chi connectivity index (χ4v) is 2.19.